The van der Waals surface area contributed by atoms with Crippen molar-refractivity contribution in [1.82, 2.24) is 4.98 Å². The maximum absolute atomic E-state index is 13.4. The van der Waals surface area contributed by atoms with Gasteiger partial charge in [-0.1, -0.05) is 72.9 Å². The summed E-state index contributed by atoms with van der Waals surface area (Å²) in [5.74, 6) is -2.04. The number of carbonyl (C=O) groups is 3. The fourth-order valence-electron chi connectivity index (χ4n) is 4.08. The SMILES string of the molecule is C=CCOC(=O)c1sc(N2C(=O)C(=O)/C(=C(/O)c3ccc(C)cc3)C2c2cccc(OCCC)c2)nc1C. The second-order valence-electron chi connectivity index (χ2n) is 8.75. The van der Waals surface area contributed by atoms with Crippen LogP contribution < -0.4 is 9.64 Å². The molecule has 1 atom stereocenters. The van der Waals surface area contributed by atoms with Crippen molar-refractivity contribution in [2.75, 3.05) is 18.1 Å². The van der Waals surface area contributed by atoms with Crippen LogP contribution in [0.15, 0.2) is 66.8 Å². The molecule has 1 N–H and O–H groups in total. The number of hydrogen-bond acceptors (Lipinski definition) is 8. The fraction of sp³-hybridized carbons (Fsp3) is 0.241. The first-order chi connectivity index (χ1) is 18.3. The van der Waals surface area contributed by atoms with Gasteiger partial charge in [0.15, 0.2) is 5.13 Å². The van der Waals surface area contributed by atoms with E-state index < -0.39 is 23.7 Å². The van der Waals surface area contributed by atoms with E-state index in [1.165, 1.54) is 11.0 Å². The third-order valence-corrected chi connectivity index (χ3v) is 7.06. The molecule has 1 aromatic heterocycles. The number of aliphatic hydroxyl groups is 1. The predicted molar refractivity (Wildman–Crippen MR) is 146 cm³/mol. The molecule has 1 aliphatic heterocycles. The first-order valence-electron chi connectivity index (χ1n) is 12.1. The predicted octanol–water partition coefficient (Wildman–Crippen LogP) is 5.52. The Balaban J connectivity index is 1.88. The van der Waals surface area contributed by atoms with Gasteiger partial charge >= 0.3 is 11.9 Å². The van der Waals surface area contributed by atoms with Gasteiger partial charge in [0.25, 0.3) is 5.78 Å². The lowest BCUT2D eigenvalue weighted by atomic mass is 9.95. The monoisotopic (exact) mass is 532 g/mol. The minimum atomic E-state index is -0.996. The highest BCUT2D eigenvalue weighted by atomic mass is 32.1. The molecule has 3 aromatic rings. The van der Waals surface area contributed by atoms with Crippen LogP contribution in [0.25, 0.3) is 5.76 Å². The zero-order valence-electron chi connectivity index (χ0n) is 21.4. The lowest BCUT2D eigenvalue weighted by molar-refractivity contribution is -0.132. The molecule has 2 aromatic carbocycles. The van der Waals surface area contributed by atoms with Crippen molar-refractivity contribution in [1.29, 1.82) is 0 Å². The Kier molecular flexibility index (Phi) is 8.07. The van der Waals surface area contributed by atoms with Crippen LogP contribution in [0.5, 0.6) is 5.75 Å². The number of aromatic nitrogens is 1. The van der Waals surface area contributed by atoms with E-state index in [0.29, 0.717) is 29.2 Å². The number of benzene rings is 2. The van der Waals surface area contributed by atoms with Gasteiger partial charge in [-0.3, -0.25) is 14.5 Å². The van der Waals surface area contributed by atoms with E-state index in [4.69, 9.17) is 9.47 Å². The Morgan fingerprint density at radius 1 is 1.18 bits per heavy atom. The summed E-state index contributed by atoms with van der Waals surface area (Å²) in [7, 11) is 0. The van der Waals surface area contributed by atoms with Gasteiger partial charge < -0.3 is 14.6 Å². The largest absolute Gasteiger partial charge is 0.507 e. The van der Waals surface area contributed by atoms with Crippen LogP contribution in [-0.4, -0.2) is 41.0 Å². The van der Waals surface area contributed by atoms with Crippen molar-refractivity contribution in [2.24, 2.45) is 0 Å². The number of hydrogen-bond donors (Lipinski definition) is 1. The number of ether oxygens (including phenoxy) is 2. The average Bonchev–Trinajstić information content (AvgIpc) is 3.42. The molecule has 8 nitrogen and oxygen atoms in total. The lowest BCUT2D eigenvalue weighted by Crippen LogP contribution is -2.29. The van der Waals surface area contributed by atoms with Crippen molar-refractivity contribution in [3.8, 4) is 5.75 Å². The maximum Gasteiger partial charge on any atom is 0.350 e. The van der Waals surface area contributed by atoms with Crippen molar-refractivity contribution < 1.29 is 29.0 Å². The Bertz CT molecular complexity index is 1420. The molecule has 1 unspecified atom stereocenters. The summed E-state index contributed by atoms with van der Waals surface area (Å²) in [6, 6.07) is 13.0. The third-order valence-electron chi connectivity index (χ3n) is 5.93. The quantitative estimate of drug-likeness (QED) is 0.127. The molecular formula is C29H28N2O6S. The molecule has 0 saturated carbocycles. The standard InChI is InChI=1S/C29H28N2O6S/c1-5-14-36-21-9-7-8-20(16-21)23-22(24(32)19-12-10-17(3)11-13-19)25(33)27(34)31(23)29-30-18(4)26(38-29)28(35)37-15-6-2/h6-13,16,23,32H,2,5,14-15H2,1,3-4H3/b24-22+. The van der Waals surface area contributed by atoms with E-state index in [1.807, 2.05) is 26.0 Å². The number of Topliss-reactive ketones (excluding diaryl/α,β-unsaturated/α-hetero) is 1. The van der Waals surface area contributed by atoms with Gasteiger partial charge in [0.05, 0.1) is 23.9 Å². The summed E-state index contributed by atoms with van der Waals surface area (Å²) < 4.78 is 10.9. The Morgan fingerprint density at radius 2 is 1.92 bits per heavy atom. The highest BCUT2D eigenvalue weighted by molar-refractivity contribution is 7.17. The first kappa shape index (κ1) is 26.8. The van der Waals surface area contributed by atoms with Crippen molar-refractivity contribution in [2.45, 2.75) is 33.2 Å². The van der Waals surface area contributed by atoms with Crippen molar-refractivity contribution >= 4 is 39.9 Å². The number of anilines is 1. The molecule has 0 aliphatic carbocycles. The molecular weight excluding hydrogens is 504 g/mol. The van der Waals surface area contributed by atoms with Crippen LogP contribution in [0.4, 0.5) is 5.13 Å². The molecule has 38 heavy (non-hydrogen) atoms. The second kappa shape index (κ2) is 11.4. The van der Waals surface area contributed by atoms with E-state index in [2.05, 4.69) is 11.6 Å². The molecule has 0 spiro atoms. The number of carbonyl (C=O) groups excluding carboxylic acids is 3. The van der Waals surface area contributed by atoms with E-state index in [-0.39, 0.29) is 27.9 Å². The van der Waals surface area contributed by atoms with E-state index in [0.717, 1.165) is 23.3 Å². The topological polar surface area (TPSA) is 106 Å². The van der Waals surface area contributed by atoms with Crippen molar-refractivity contribution in [3.63, 3.8) is 0 Å². The second-order valence-corrected chi connectivity index (χ2v) is 9.73. The Labute approximate surface area is 224 Å². The normalized spacial score (nSPS) is 16.5. The molecule has 1 fully saturated rings. The summed E-state index contributed by atoms with van der Waals surface area (Å²) in [5.41, 5.74) is 2.22. The van der Waals surface area contributed by atoms with E-state index >= 15 is 0 Å². The molecule has 1 saturated heterocycles. The van der Waals surface area contributed by atoms with Gasteiger partial charge in [0.2, 0.25) is 0 Å². The van der Waals surface area contributed by atoms with Crippen LogP contribution in [0, 0.1) is 13.8 Å². The molecule has 1 amide bonds. The third kappa shape index (κ3) is 5.24. The number of ketones is 1. The summed E-state index contributed by atoms with van der Waals surface area (Å²) in [4.78, 5) is 45.3. The zero-order valence-corrected chi connectivity index (χ0v) is 22.2. The number of esters is 1. The summed E-state index contributed by atoms with van der Waals surface area (Å²) in [6.07, 6.45) is 2.26. The number of rotatable bonds is 9. The van der Waals surface area contributed by atoms with Crippen LogP contribution in [0.1, 0.15) is 51.4 Å². The van der Waals surface area contributed by atoms with Crippen LogP contribution in [0.2, 0.25) is 0 Å². The van der Waals surface area contributed by atoms with Gasteiger partial charge in [-0.25, -0.2) is 9.78 Å². The first-order valence-corrected chi connectivity index (χ1v) is 12.9. The Morgan fingerprint density at radius 3 is 2.61 bits per heavy atom. The smallest absolute Gasteiger partial charge is 0.350 e. The molecule has 0 radical (unpaired) electrons. The number of amides is 1. The van der Waals surface area contributed by atoms with Gasteiger partial charge in [0.1, 0.15) is 23.0 Å². The van der Waals surface area contributed by atoms with Gasteiger partial charge in [-0.15, -0.1) is 0 Å². The number of thiazole rings is 1. The number of nitrogens with zero attached hydrogens (tertiary/aromatic N) is 2. The number of aliphatic hydroxyl groups excluding tert-OH is 1. The fourth-order valence-corrected chi connectivity index (χ4v) is 5.07. The summed E-state index contributed by atoms with van der Waals surface area (Å²) >= 11 is 0.947. The maximum atomic E-state index is 13.4. The van der Waals surface area contributed by atoms with Crippen LogP contribution in [-0.2, 0) is 14.3 Å². The Hall–Kier alpha value is -4.24. The minimum absolute atomic E-state index is 0.0249. The molecule has 1 aliphatic rings. The zero-order chi connectivity index (χ0) is 27.4. The average molecular weight is 533 g/mol. The van der Waals surface area contributed by atoms with Crippen LogP contribution >= 0.6 is 11.3 Å². The summed E-state index contributed by atoms with van der Waals surface area (Å²) in [6.45, 7) is 9.59. The van der Waals surface area contributed by atoms with Gasteiger partial charge in [-0.05, 0) is 38.0 Å². The highest BCUT2D eigenvalue weighted by Crippen LogP contribution is 2.44. The molecule has 0 bridgehead atoms. The highest BCUT2D eigenvalue weighted by Gasteiger charge is 2.48. The van der Waals surface area contributed by atoms with E-state index in [9.17, 15) is 19.5 Å². The van der Waals surface area contributed by atoms with E-state index in [1.54, 1.807) is 43.3 Å². The van der Waals surface area contributed by atoms with Gasteiger partial charge in [-0.2, -0.15) is 0 Å². The molecule has 2 heterocycles. The molecule has 9 heteroatoms. The molecule has 4 rings (SSSR count). The van der Waals surface area contributed by atoms with Gasteiger partial charge in [0, 0.05) is 5.56 Å². The lowest BCUT2D eigenvalue weighted by Gasteiger charge is -2.23. The molecule has 196 valence electrons. The summed E-state index contributed by atoms with van der Waals surface area (Å²) in [5, 5.41) is 11.4. The van der Waals surface area contributed by atoms with Crippen LogP contribution in [0.3, 0.4) is 0 Å². The number of aryl methyl sites for hydroxylation is 2. The van der Waals surface area contributed by atoms with Crippen molar-refractivity contribution in [3.05, 3.63) is 94.0 Å². The minimum Gasteiger partial charge on any atom is -0.507 e.